The number of benzene rings is 2. The minimum absolute atomic E-state index is 0.00383. The molecule has 1 aromatic heterocycles. The largest absolute Gasteiger partial charge is 0.497 e. The van der Waals surface area contributed by atoms with Crippen LogP contribution in [0.1, 0.15) is 25.3 Å². The van der Waals surface area contributed by atoms with Crippen LogP contribution in [0.2, 0.25) is 0 Å². The number of anilines is 1. The maximum Gasteiger partial charge on any atom is 0.233 e. The standard InChI is InChI=1S/C22H25N3O3S/c1-4-5-13-25(20(26)15-16-7-6-8-19(14-16)28-3)22-24-23-21(29-22)17-9-11-18(27-2)12-10-17/h6-12,14H,4-5,13,15H2,1-3H3. The van der Waals surface area contributed by atoms with E-state index in [9.17, 15) is 4.79 Å². The Morgan fingerprint density at radius 3 is 2.48 bits per heavy atom. The summed E-state index contributed by atoms with van der Waals surface area (Å²) in [7, 11) is 3.26. The fourth-order valence-corrected chi connectivity index (χ4v) is 3.76. The van der Waals surface area contributed by atoms with Crippen molar-refractivity contribution in [3.63, 3.8) is 0 Å². The maximum absolute atomic E-state index is 13.1. The molecule has 0 saturated carbocycles. The number of carbonyl (C=O) groups excluding carboxylic acids is 1. The van der Waals surface area contributed by atoms with E-state index in [0.717, 1.165) is 40.5 Å². The van der Waals surface area contributed by atoms with E-state index in [0.29, 0.717) is 18.1 Å². The van der Waals surface area contributed by atoms with Gasteiger partial charge in [0, 0.05) is 12.1 Å². The predicted molar refractivity (Wildman–Crippen MR) is 116 cm³/mol. The van der Waals surface area contributed by atoms with Crippen molar-refractivity contribution in [1.29, 1.82) is 0 Å². The zero-order chi connectivity index (χ0) is 20.6. The van der Waals surface area contributed by atoms with Gasteiger partial charge in [0.05, 0.1) is 20.6 Å². The van der Waals surface area contributed by atoms with Crippen LogP contribution in [0.15, 0.2) is 48.5 Å². The molecule has 1 amide bonds. The number of nitrogens with zero attached hydrogens (tertiary/aromatic N) is 3. The van der Waals surface area contributed by atoms with E-state index >= 15 is 0 Å². The topological polar surface area (TPSA) is 64.6 Å². The van der Waals surface area contributed by atoms with E-state index in [1.165, 1.54) is 11.3 Å². The van der Waals surface area contributed by atoms with Gasteiger partial charge in [-0.15, -0.1) is 10.2 Å². The molecule has 152 valence electrons. The van der Waals surface area contributed by atoms with Gasteiger partial charge in [0.1, 0.15) is 16.5 Å². The SMILES string of the molecule is CCCCN(C(=O)Cc1cccc(OC)c1)c1nnc(-c2ccc(OC)cc2)s1. The van der Waals surface area contributed by atoms with Crippen LogP contribution in [-0.2, 0) is 11.2 Å². The van der Waals surface area contributed by atoms with Crippen molar-refractivity contribution in [2.24, 2.45) is 0 Å². The van der Waals surface area contributed by atoms with Gasteiger partial charge in [-0.1, -0.05) is 36.8 Å². The van der Waals surface area contributed by atoms with E-state index in [1.807, 2.05) is 48.5 Å². The Morgan fingerprint density at radius 1 is 1.03 bits per heavy atom. The summed E-state index contributed by atoms with van der Waals surface area (Å²) in [5.41, 5.74) is 1.86. The minimum Gasteiger partial charge on any atom is -0.497 e. The van der Waals surface area contributed by atoms with Crippen molar-refractivity contribution < 1.29 is 14.3 Å². The predicted octanol–water partition coefficient (Wildman–Crippen LogP) is 4.60. The summed E-state index contributed by atoms with van der Waals surface area (Å²) in [5.74, 6) is 1.54. The lowest BCUT2D eigenvalue weighted by molar-refractivity contribution is -0.118. The molecule has 0 N–H and O–H groups in total. The summed E-state index contributed by atoms with van der Waals surface area (Å²) < 4.78 is 10.5. The molecule has 0 spiro atoms. The highest BCUT2D eigenvalue weighted by molar-refractivity contribution is 7.18. The lowest BCUT2D eigenvalue weighted by Crippen LogP contribution is -2.33. The Hall–Kier alpha value is -2.93. The number of hydrogen-bond acceptors (Lipinski definition) is 6. The van der Waals surface area contributed by atoms with Gasteiger partial charge in [0.2, 0.25) is 11.0 Å². The maximum atomic E-state index is 13.1. The van der Waals surface area contributed by atoms with E-state index in [4.69, 9.17) is 9.47 Å². The van der Waals surface area contributed by atoms with E-state index in [2.05, 4.69) is 17.1 Å². The molecule has 0 saturated heterocycles. The fraction of sp³-hybridized carbons (Fsp3) is 0.318. The van der Waals surface area contributed by atoms with E-state index in [1.54, 1.807) is 19.1 Å². The summed E-state index contributed by atoms with van der Waals surface area (Å²) >= 11 is 1.42. The lowest BCUT2D eigenvalue weighted by atomic mass is 10.1. The Kier molecular flexibility index (Phi) is 7.19. The van der Waals surface area contributed by atoms with Gasteiger partial charge in [-0.05, 0) is 48.4 Å². The van der Waals surface area contributed by atoms with Crippen LogP contribution in [0.25, 0.3) is 10.6 Å². The number of rotatable bonds is 9. The van der Waals surface area contributed by atoms with Crippen molar-refractivity contribution >= 4 is 22.4 Å². The molecule has 0 atom stereocenters. The Bertz CT molecular complexity index is 940. The summed E-state index contributed by atoms with van der Waals surface area (Å²) in [6.07, 6.45) is 2.19. The second-order valence-electron chi connectivity index (χ2n) is 6.55. The highest BCUT2D eigenvalue weighted by Gasteiger charge is 2.20. The molecule has 3 aromatic rings. The second kappa shape index (κ2) is 10.0. The number of aromatic nitrogens is 2. The van der Waals surface area contributed by atoms with Crippen molar-refractivity contribution in [2.45, 2.75) is 26.2 Å². The van der Waals surface area contributed by atoms with Gasteiger partial charge in [0.15, 0.2) is 0 Å². The van der Waals surface area contributed by atoms with Gasteiger partial charge in [0.25, 0.3) is 0 Å². The normalized spacial score (nSPS) is 10.6. The van der Waals surface area contributed by atoms with Crippen molar-refractivity contribution in [3.8, 4) is 22.1 Å². The highest BCUT2D eigenvalue weighted by Crippen LogP contribution is 2.30. The zero-order valence-corrected chi connectivity index (χ0v) is 17.7. The number of ether oxygens (including phenoxy) is 2. The summed E-state index contributed by atoms with van der Waals surface area (Å²) in [4.78, 5) is 14.8. The second-order valence-corrected chi connectivity index (χ2v) is 7.50. The van der Waals surface area contributed by atoms with Gasteiger partial charge in [-0.25, -0.2) is 0 Å². The molecular formula is C22H25N3O3S. The third-order valence-electron chi connectivity index (χ3n) is 4.51. The Morgan fingerprint density at radius 2 is 1.79 bits per heavy atom. The summed E-state index contributed by atoms with van der Waals surface area (Å²) in [6.45, 7) is 2.73. The van der Waals surface area contributed by atoms with Gasteiger partial charge < -0.3 is 9.47 Å². The first-order valence-electron chi connectivity index (χ1n) is 9.55. The molecule has 0 aliphatic heterocycles. The first-order valence-corrected chi connectivity index (χ1v) is 10.4. The molecule has 29 heavy (non-hydrogen) atoms. The Labute approximate surface area is 175 Å². The van der Waals surface area contributed by atoms with Crippen LogP contribution in [0.3, 0.4) is 0 Å². The first kappa shape index (κ1) is 20.8. The average molecular weight is 412 g/mol. The molecule has 0 fully saturated rings. The summed E-state index contributed by atoms with van der Waals surface area (Å²) in [6, 6.07) is 15.2. The molecule has 2 aromatic carbocycles. The first-order chi connectivity index (χ1) is 14.1. The number of methoxy groups -OCH3 is 2. The third kappa shape index (κ3) is 5.32. The monoisotopic (exact) mass is 411 g/mol. The molecule has 0 unspecified atom stereocenters. The van der Waals surface area contributed by atoms with Crippen LogP contribution < -0.4 is 14.4 Å². The smallest absolute Gasteiger partial charge is 0.233 e. The fourth-order valence-electron chi connectivity index (χ4n) is 2.87. The van der Waals surface area contributed by atoms with Crippen LogP contribution in [-0.4, -0.2) is 36.9 Å². The van der Waals surface area contributed by atoms with Crippen LogP contribution in [0.4, 0.5) is 5.13 Å². The number of carbonyl (C=O) groups is 1. The van der Waals surface area contributed by atoms with Gasteiger partial charge in [-0.3, -0.25) is 9.69 Å². The van der Waals surface area contributed by atoms with Crippen molar-refractivity contribution in [3.05, 3.63) is 54.1 Å². The van der Waals surface area contributed by atoms with Gasteiger partial charge >= 0.3 is 0 Å². The van der Waals surface area contributed by atoms with Crippen LogP contribution in [0, 0.1) is 0 Å². The van der Waals surface area contributed by atoms with E-state index in [-0.39, 0.29) is 5.91 Å². The number of amides is 1. The molecule has 0 radical (unpaired) electrons. The number of hydrogen-bond donors (Lipinski definition) is 0. The quantitative estimate of drug-likeness (QED) is 0.515. The number of unbranched alkanes of at least 4 members (excludes halogenated alkanes) is 1. The molecule has 0 bridgehead atoms. The minimum atomic E-state index is 0.00383. The van der Waals surface area contributed by atoms with Crippen LogP contribution >= 0.6 is 11.3 Å². The molecular weight excluding hydrogens is 386 g/mol. The lowest BCUT2D eigenvalue weighted by Gasteiger charge is -2.19. The van der Waals surface area contributed by atoms with Gasteiger partial charge in [-0.2, -0.15) is 0 Å². The molecule has 6 nitrogen and oxygen atoms in total. The Balaban J connectivity index is 1.80. The molecule has 1 heterocycles. The molecule has 0 aliphatic carbocycles. The van der Waals surface area contributed by atoms with Crippen LogP contribution in [0.5, 0.6) is 11.5 Å². The van der Waals surface area contributed by atoms with Crippen molar-refractivity contribution in [1.82, 2.24) is 10.2 Å². The highest BCUT2D eigenvalue weighted by atomic mass is 32.1. The zero-order valence-electron chi connectivity index (χ0n) is 16.9. The summed E-state index contributed by atoms with van der Waals surface area (Å²) in [5, 5.41) is 10.0. The van der Waals surface area contributed by atoms with Crippen molar-refractivity contribution in [2.75, 3.05) is 25.7 Å². The van der Waals surface area contributed by atoms with E-state index < -0.39 is 0 Å². The molecule has 7 heteroatoms. The molecule has 3 rings (SSSR count). The molecule has 0 aliphatic rings. The average Bonchev–Trinajstić information content (AvgIpc) is 3.24. The third-order valence-corrected chi connectivity index (χ3v) is 5.50.